The van der Waals surface area contributed by atoms with Crippen LogP contribution in [0.5, 0.6) is 0 Å². The van der Waals surface area contributed by atoms with Gasteiger partial charge in [-0.25, -0.2) is 0 Å². The molecule has 0 saturated carbocycles. The molecule has 0 unspecified atom stereocenters. The number of para-hydroxylation sites is 2. The molecule has 1 heteroatoms. The van der Waals surface area contributed by atoms with Crippen molar-refractivity contribution in [1.29, 1.82) is 0 Å². The van der Waals surface area contributed by atoms with Gasteiger partial charge in [0, 0.05) is 30.4 Å². The zero-order chi connectivity index (χ0) is 19.8. The highest BCUT2D eigenvalue weighted by molar-refractivity contribution is 5.93. The van der Waals surface area contributed by atoms with E-state index in [-0.39, 0.29) is 0 Å². The second-order valence-electron chi connectivity index (χ2n) is 7.73. The molecule has 0 N–H and O–H groups in total. The molecule has 0 spiro atoms. The van der Waals surface area contributed by atoms with Crippen molar-refractivity contribution in [3.8, 4) is 22.3 Å². The van der Waals surface area contributed by atoms with Crippen LogP contribution in [0, 0.1) is 0 Å². The van der Waals surface area contributed by atoms with Crippen molar-refractivity contribution in [3.05, 3.63) is 108 Å². The van der Waals surface area contributed by atoms with Gasteiger partial charge in [-0.15, -0.1) is 0 Å². The average Bonchev–Trinajstić information content (AvgIpc) is 2.78. The van der Waals surface area contributed by atoms with Gasteiger partial charge < -0.3 is 4.90 Å². The first-order chi connectivity index (χ1) is 14.3. The predicted molar refractivity (Wildman–Crippen MR) is 124 cm³/mol. The van der Waals surface area contributed by atoms with Crippen molar-refractivity contribution < 1.29 is 0 Å². The summed E-state index contributed by atoms with van der Waals surface area (Å²) < 4.78 is 0. The highest BCUT2D eigenvalue weighted by atomic mass is 15.1. The third kappa shape index (κ3) is 2.94. The van der Waals surface area contributed by atoms with Gasteiger partial charge in [0.05, 0.1) is 0 Å². The van der Waals surface area contributed by atoms with Gasteiger partial charge in [0.1, 0.15) is 0 Å². The number of benzene rings is 4. The first-order valence-corrected chi connectivity index (χ1v) is 10.4. The SMILES string of the molecule is CCc1cccc2c1N(C)c1ccccc1-c1ccccc1-c1ccccc1C2. The third-order valence-electron chi connectivity index (χ3n) is 6.09. The van der Waals surface area contributed by atoms with E-state index in [4.69, 9.17) is 0 Å². The first-order valence-electron chi connectivity index (χ1n) is 10.4. The minimum Gasteiger partial charge on any atom is -0.344 e. The van der Waals surface area contributed by atoms with Gasteiger partial charge in [0.15, 0.2) is 0 Å². The summed E-state index contributed by atoms with van der Waals surface area (Å²) >= 11 is 0. The molecule has 0 bridgehead atoms. The van der Waals surface area contributed by atoms with E-state index in [0.29, 0.717) is 0 Å². The van der Waals surface area contributed by atoms with E-state index >= 15 is 0 Å². The molecule has 0 atom stereocenters. The summed E-state index contributed by atoms with van der Waals surface area (Å²) in [6.07, 6.45) is 1.95. The molecule has 1 nitrogen and oxygen atoms in total. The Hall–Kier alpha value is -3.32. The molecule has 1 heterocycles. The fourth-order valence-corrected chi connectivity index (χ4v) is 4.71. The number of fused-ring (bicyclic) bond motifs is 6. The van der Waals surface area contributed by atoms with Crippen molar-refractivity contribution in [1.82, 2.24) is 0 Å². The van der Waals surface area contributed by atoms with Crippen LogP contribution in [0.4, 0.5) is 11.4 Å². The van der Waals surface area contributed by atoms with Crippen LogP contribution in [0.2, 0.25) is 0 Å². The molecule has 0 aromatic heterocycles. The summed E-state index contributed by atoms with van der Waals surface area (Å²) in [5, 5.41) is 0. The number of aryl methyl sites for hydroxylation is 1. The van der Waals surface area contributed by atoms with Gasteiger partial charge in [-0.05, 0) is 45.9 Å². The smallest absolute Gasteiger partial charge is 0.0488 e. The van der Waals surface area contributed by atoms with E-state index in [0.717, 1.165) is 12.8 Å². The zero-order valence-corrected chi connectivity index (χ0v) is 17.0. The molecule has 4 aromatic rings. The lowest BCUT2D eigenvalue weighted by Crippen LogP contribution is -2.16. The van der Waals surface area contributed by atoms with Gasteiger partial charge in [-0.2, -0.15) is 0 Å². The summed E-state index contributed by atoms with van der Waals surface area (Å²) in [5.74, 6) is 0. The Morgan fingerprint density at radius 1 is 0.621 bits per heavy atom. The van der Waals surface area contributed by atoms with E-state index in [9.17, 15) is 0 Å². The van der Waals surface area contributed by atoms with E-state index in [1.54, 1.807) is 0 Å². The Kier molecular flexibility index (Phi) is 4.44. The summed E-state index contributed by atoms with van der Waals surface area (Å²) in [6.45, 7) is 2.25. The van der Waals surface area contributed by atoms with E-state index in [1.165, 1.54) is 50.3 Å². The minimum atomic E-state index is 0.931. The van der Waals surface area contributed by atoms with Crippen molar-refractivity contribution in [2.75, 3.05) is 11.9 Å². The van der Waals surface area contributed by atoms with E-state index < -0.39 is 0 Å². The fourth-order valence-electron chi connectivity index (χ4n) is 4.71. The Balaban J connectivity index is 1.90. The van der Waals surface area contributed by atoms with Crippen LogP contribution in [-0.4, -0.2) is 7.05 Å². The van der Waals surface area contributed by atoms with Crippen LogP contribution in [-0.2, 0) is 12.8 Å². The van der Waals surface area contributed by atoms with Gasteiger partial charge in [0.25, 0.3) is 0 Å². The maximum absolute atomic E-state index is 2.40. The molecule has 0 fully saturated rings. The van der Waals surface area contributed by atoms with Crippen molar-refractivity contribution in [2.24, 2.45) is 0 Å². The topological polar surface area (TPSA) is 3.24 Å². The number of rotatable bonds is 1. The Morgan fingerprint density at radius 3 is 1.97 bits per heavy atom. The minimum absolute atomic E-state index is 0.931. The standard InChI is InChI=1S/C28H25N/c1-3-20-12-10-13-22-19-21-11-4-5-14-23(21)24-15-6-7-16-25(24)26-17-8-9-18-27(26)29(2)28(20)22/h4-18H,3,19H2,1-2H3. The van der Waals surface area contributed by atoms with Crippen molar-refractivity contribution in [3.63, 3.8) is 0 Å². The summed E-state index contributed by atoms with van der Waals surface area (Å²) in [7, 11) is 2.22. The van der Waals surface area contributed by atoms with Crippen molar-refractivity contribution >= 4 is 11.4 Å². The zero-order valence-electron chi connectivity index (χ0n) is 17.0. The first kappa shape index (κ1) is 17.8. The monoisotopic (exact) mass is 375 g/mol. The normalized spacial score (nSPS) is 12.4. The predicted octanol–water partition coefficient (Wildman–Crippen LogP) is 7.26. The number of anilines is 2. The van der Waals surface area contributed by atoms with Gasteiger partial charge >= 0.3 is 0 Å². The Morgan fingerprint density at radius 2 is 1.21 bits per heavy atom. The third-order valence-corrected chi connectivity index (χ3v) is 6.09. The largest absolute Gasteiger partial charge is 0.344 e. The summed E-state index contributed by atoms with van der Waals surface area (Å²) in [4.78, 5) is 2.40. The summed E-state index contributed by atoms with van der Waals surface area (Å²) in [5.41, 5.74) is 12.0. The highest BCUT2D eigenvalue weighted by Crippen LogP contribution is 2.43. The maximum Gasteiger partial charge on any atom is 0.0488 e. The van der Waals surface area contributed by atoms with Crippen LogP contribution >= 0.6 is 0 Å². The van der Waals surface area contributed by atoms with Crippen LogP contribution in [0.15, 0.2) is 91.0 Å². The highest BCUT2D eigenvalue weighted by Gasteiger charge is 2.21. The number of hydrogen-bond donors (Lipinski definition) is 0. The van der Waals surface area contributed by atoms with Crippen LogP contribution in [0.1, 0.15) is 23.6 Å². The molecule has 1 aliphatic heterocycles. The molecule has 29 heavy (non-hydrogen) atoms. The van der Waals surface area contributed by atoms with E-state index in [2.05, 4.69) is 110 Å². The van der Waals surface area contributed by atoms with Crippen LogP contribution in [0.3, 0.4) is 0 Å². The quantitative estimate of drug-likeness (QED) is 0.338. The average molecular weight is 376 g/mol. The Labute approximate surface area is 173 Å². The molecule has 0 saturated heterocycles. The molecule has 1 aliphatic rings. The van der Waals surface area contributed by atoms with Crippen LogP contribution < -0.4 is 4.90 Å². The molecular weight excluding hydrogens is 350 g/mol. The summed E-state index contributed by atoms with van der Waals surface area (Å²) in [6, 6.07) is 33.2. The lowest BCUT2D eigenvalue weighted by atomic mass is 9.87. The lowest BCUT2D eigenvalue weighted by molar-refractivity contribution is 1.06. The molecular formula is C28H25N. The number of hydrogen-bond acceptors (Lipinski definition) is 1. The second kappa shape index (κ2) is 7.25. The second-order valence-corrected chi connectivity index (χ2v) is 7.73. The molecule has 4 aromatic carbocycles. The molecule has 142 valence electrons. The molecule has 0 amide bonds. The molecule has 0 aliphatic carbocycles. The molecule has 0 radical (unpaired) electrons. The number of nitrogens with zero attached hydrogens (tertiary/aromatic N) is 1. The fraction of sp³-hybridized carbons (Fsp3) is 0.143. The van der Waals surface area contributed by atoms with E-state index in [1.807, 2.05) is 0 Å². The van der Waals surface area contributed by atoms with Crippen molar-refractivity contribution in [2.45, 2.75) is 19.8 Å². The Bertz CT molecular complexity index is 1190. The van der Waals surface area contributed by atoms with Gasteiger partial charge in [-0.1, -0.05) is 91.9 Å². The lowest BCUT2D eigenvalue weighted by Gasteiger charge is -2.30. The van der Waals surface area contributed by atoms with Gasteiger partial charge in [0.2, 0.25) is 0 Å². The molecule has 5 rings (SSSR count). The van der Waals surface area contributed by atoms with Crippen LogP contribution in [0.25, 0.3) is 22.3 Å². The maximum atomic E-state index is 2.40. The van der Waals surface area contributed by atoms with Gasteiger partial charge in [-0.3, -0.25) is 0 Å².